The van der Waals surface area contributed by atoms with Gasteiger partial charge in [-0.05, 0) is 30.5 Å². The standard InChI is InChI=1S/C23H18ClFN6O2.ClH/c1-31-22(20-15(8-26)19(33-12-3-4-12)7-17(24)21(20)25)16(10-28-31)11-2-5-13-14(6-11)18(9-27)29-30-23(13)32;/h2,5-7,10,12H,3-4,9,27H2,1H3,(H,30,32);1H. The van der Waals surface area contributed by atoms with E-state index in [1.165, 1.54) is 10.7 Å². The number of benzene rings is 2. The number of nitrogens with zero attached hydrogens (tertiary/aromatic N) is 4. The molecule has 0 spiro atoms. The summed E-state index contributed by atoms with van der Waals surface area (Å²) in [6, 6.07) is 8.57. The first-order valence-electron chi connectivity index (χ1n) is 10.3. The van der Waals surface area contributed by atoms with Crippen molar-refractivity contribution in [2.24, 2.45) is 12.8 Å². The van der Waals surface area contributed by atoms with E-state index in [0.717, 1.165) is 12.8 Å². The SMILES string of the molecule is Cl.Cn1ncc(-c2ccc3c(=O)[nH]nc(CN)c3c2)c1-c1c(F)c(Cl)cc(OC2CC2)c1C#N. The van der Waals surface area contributed by atoms with E-state index in [1.54, 1.807) is 31.4 Å². The Morgan fingerprint density at radius 2 is 2.12 bits per heavy atom. The molecule has 174 valence electrons. The van der Waals surface area contributed by atoms with Crippen molar-refractivity contribution in [3.05, 3.63) is 62.9 Å². The third kappa shape index (κ3) is 3.90. The fourth-order valence-corrected chi connectivity index (χ4v) is 4.08. The molecule has 0 aliphatic heterocycles. The summed E-state index contributed by atoms with van der Waals surface area (Å²) in [6.45, 7) is 0.125. The summed E-state index contributed by atoms with van der Waals surface area (Å²) >= 11 is 6.20. The number of hydrogen-bond acceptors (Lipinski definition) is 6. The summed E-state index contributed by atoms with van der Waals surface area (Å²) in [4.78, 5) is 12.2. The molecule has 1 aliphatic carbocycles. The molecule has 8 nitrogen and oxygen atoms in total. The van der Waals surface area contributed by atoms with Gasteiger partial charge in [-0.15, -0.1) is 12.4 Å². The number of ether oxygens (including phenoxy) is 1. The first-order chi connectivity index (χ1) is 15.9. The van der Waals surface area contributed by atoms with Crippen LogP contribution in [0, 0.1) is 17.1 Å². The van der Waals surface area contributed by atoms with Crippen molar-refractivity contribution in [3.8, 4) is 34.2 Å². The fourth-order valence-electron chi connectivity index (χ4n) is 3.88. The molecule has 1 aliphatic rings. The zero-order valence-corrected chi connectivity index (χ0v) is 19.5. The van der Waals surface area contributed by atoms with Crippen molar-refractivity contribution in [1.82, 2.24) is 20.0 Å². The lowest BCUT2D eigenvalue weighted by atomic mass is 9.95. The Labute approximate surface area is 204 Å². The molecule has 2 aromatic heterocycles. The van der Waals surface area contributed by atoms with Crippen LogP contribution >= 0.6 is 24.0 Å². The maximum Gasteiger partial charge on any atom is 0.272 e. The first-order valence-corrected chi connectivity index (χ1v) is 10.6. The van der Waals surface area contributed by atoms with Crippen LogP contribution in [0.1, 0.15) is 24.1 Å². The van der Waals surface area contributed by atoms with Crippen molar-refractivity contribution in [2.45, 2.75) is 25.5 Å². The summed E-state index contributed by atoms with van der Waals surface area (Å²) in [5, 5.41) is 21.5. The third-order valence-corrected chi connectivity index (χ3v) is 5.94. The van der Waals surface area contributed by atoms with Crippen molar-refractivity contribution in [1.29, 1.82) is 5.26 Å². The van der Waals surface area contributed by atoms with Crippen LogP contribution in [-0.2, 0) is 13.6 Å². The minimum Gasteiger partial charge on any atom is -0.489 e. The van der Waals surface area contributed by atoms with Crippen molar-refractivity contribution in [3.63, 3.8) is 0 Å². The molecule has 0 unspecified atom stereocenters. The van der Waals surface area contributed by atoms with E-state index >= 15 is 4.39 Å². The molecule has 0 bridgehead atoms. The molecule has 1 saturated carbocycles. The molecule has 11 heteroatoms. The van der Waals surface area contributed by atoms with E-state index in [1.807, 2.05) is 0 Å². The van der Waals surface area contributed by atoms with E-state index in [-0.39, 0.29) is 52.5 Å². The van der Waals surface area contributed by atoms with Gasteiger partial charge in [0.25, 0.3) is 5.56 Å². The van der Waals surface area contributed by atoms with Crippen molar-refractivity contribution < 1.29 is 9.13 Å². The fraction of sp³-hybridized carbons (Fsp3) is 0.217. The monoisotopic (exact) mass is 500 g/mol. The molecule has 34 heavy (non-hydrogen) atoms. The van der Waals surface area contributed by atoms with Gasteiger partial charge in [-0.2, -0.15) is 15.5 Å². The summed E-state index contributed by atoms with van der Waals surface area (Å²) < 4.78 is 22.7. The number of nitrogens with one attached hydrogen (secondary N) is 1. The zero-order chi connectivity index (χ0) is 23.3. The van der Waals surface area contributed by atoms with Crippen molar-refractivity contribution in [2.75, 3.05) is 0 Å². The average Bonchev–Trinajstić information content (AvgIpc) is 3.55. The number of nitriles is 1. The Morgan fingerprint density at radius 3 is 2.79 bits per heavy atom. The molecular formula is C23H19Cl2FN6O2. The minimum absolute atomic E-state index is 0. The van der Waals surface area contributed by atoms with E-state index in [2.05, 4.69) is 21.4 Å². The predicted molar refractivity (Wildman–Crippen MR) is 128 cm³/mol. The summed E-state index contributed by atoms with van der Waals surface area (Å²) in [5.41, 5.74) is 7.61. The van der Waals surface area contributed by atoms with Gasteiger partial charge < -0.3 is 10.5 Å². The van der Waals surface area contributed by atoms with Gasteiger partial charge in [-0.25, -0.2) is 9.49 Å². The summed E-state index contributed by atoms with van der Waals surface area (Å²) in [5.74, 6) is -0.490. The van der Waals surface area contributed by atoms with Crippen molar-refractivity contribution >= 4 is 34.8 Å². The molecule has 0 amide bonds. The molecule has 0 saturated heterocycles. The topological polar surface area (TPSA) is 123 Å². The number of halogens is 3. The van der Waals surface area contributed by atoms with Crippen LogP contribution in [0.25, 0.3) is 33.2 Å². The molecule has 0 atom stereocenters. The number of aromatic nitrogens is 4. The summed E-state index contributed by atoms with van der Waals surface area (Å²) in [6.07, 6.45) is 3.32. The smallest absolute Gasteiger partial charge is 0.272 e. The molecule has 2 aromatic carbocycles. The average molecular weight is 501 g/mol. The largest absolute Gasteiger partial charge is 0.489 e. The van der Waals surface area contributed by atoms with Gasteiger partial charge in [0.05, 0.1) is 39.7 Å². The molecule has 0 radical (unpaired) electrons. The van der Waals surface area contributed by atoms with Crippen LogP contribution in [0.5, 0.6) is 5.75 Å². The highest BCUT2D eigenvalue weighted by molar-refractivity contribution is 6.31. The zero-order valence-electron chi connectivity index (χ0n) is 17.9. The molecule has 5 rings (SSSR count). The molecule has 4 aromatic rings. The highest BCUT2D eigenvalue weighted by Crippen LogP contribution is 2.43. The van der Waals surface area contributed by atoms with Gasteiger partial charge in [0, 0.05) is 30.6 Å². The quantitative estimate of drug-likeness (QED) is 0.425. The van der Waals surface area contributed by atoms with E-state index in [4.69, 9.17) is 22.1 Å². The second-order valence-electron chi connectivity index (χ2n) is 7.84. The highest BCUT2D eigenvalue weighted by Gasteiger charge is 2.29. The predicted octanol–water partition coefficient (Wildman–Crippen LogP) is 4.08. The number of nitrogens with two attached hydrogens (primary N) is 1. The Bertz CT molecular complexity index is 1520. The van der Waals surface area contributed by atoms with Crippen LogP contribution in [0.2, 0.25) is 5.02 Å². The third-order valence-electron chi connectivity index (χ3n) is 5.66. The van der Waals surface area contributed by atoms with Gasteiger partial charge in [-0.1, -0.05) is 17.7 Å². The molecule has 1 fully saturated rings. The van der Waals surface area contributed by atoms with Crippen LogP contribution in [0.15, 0.2) is 35.3 Å². The molecular weight excluding hydrogens is 482 g/mol. The number of aromatic amines is 1. The van der Waals surface area contributed by atoms with E-state index in [0.29, 0.717) is 33.3 Å². The second-order valence-corrected chi connectivity index (χ2v) is 8.25. The number of hydrogen-bond donors (Lipinski definition) is 2. The van der Waals surface area contributed by atoms with Crippen LogP contribution in [0.4, 0.5) is 4.39 Å². The number of H-pyrrole nitrogens is 1. The Morgan fingerprint density at radius 1 is 1.35 bits per heavy atom. The van der Waals surface area contributed by atoms with Gasteiger partial charge in [0.1, 0.15) is 17.4 Å². The number of fused-ring (bicyclic) bond motifs is 1. The Balaban J connectivity index is 0.00000274. The van der Waals surface area contributed by atoms with Crippen LogP contribution in [-0.4, -0.2) is 26.1 Å². The van der Waals surface area contributed by atoms with Gasteiger partial charge in [0.15, 0.2) is 5.82 Å². The minimum atomic E-state index is -0.734. The lowest BCUT2D eigenvalue weighted by Crippen LogP contribution is -2.13. The first kappa shape index (κ1) is 23.7. The van der Waals surface area contributed by atoms with E-state index in [9.17, 15) is 10.1 Å². The lowest BCUT2D eigenvalue weighted by molar-refractivity contribution is 0.302. The van der Waals surface area contributed by atoms with Crippen LogP contribution < -0.4 is 16.0 Å². The summed E-state index contributed by atoms with van der Waals surface area (Å²) in [7, 11) is 1.65. The van der Waals surface area contributed by atoms with Gasteiger partial charge in [0.2, 0.25) is 0 Å². The molecule has 3 N–H and O–H groups in total. The normalized spacial score (nSPS) is 12.9. The maximum atomic E-state index is 15.4. The second kappa shape index (κ2) is 9.06. The highest BCUT2D eigenvalue weighted by atomic mass is 35.5. The Hall–Kier alpha value is -3.45. The van der Waals surface area contributed by atoms with Gasteiger partial charge >= 0.3 is 0 Å². The lowest BCUT2D eigenvalue weighted by Gasteiger charge is -2.15. The van der Waals surface area contributed by atoms with E-state index < -0.39 is 5.82 Å². The Kier molecular flexibility index (Phi) is 6.32. The number of rotatable bonds is 5. The van der Waals surface area contributed by atoms with Gasteiger partial charge in [-0.3, -0.25) is 9.48 Å². The van der Waals surface area contributed by atoms with Crippen LogP contribution in [0.3, 0.4) is 0 Å². The number of aryl methyl sites for hydroxylation is 1. The maximum absolute atomic E-state index is 15.4. The molecule has 2 heterocycles.